The van der Waals surface area contributed by atoms with Gasteiger partial charge in [0.25, 0.3) is 0 Å². The molecule has 0 bridgehead atoms. The molecule has 18 heavy (non-hydrogen) atoms. The van der Waals surface area contributed by atoms with E-state index >= 15 is 0 Å². The van der Waals surface area contributed by atoms with Crippen molar-refractivity contribution in [3.05, 3.63) is 21.9 Å². The molecule has 0 amide bonds. The highest BCUT2D eigenvalue weighted by atomic mass is 79.9. The summed E-state index contributed by atoms with van der Waals surface area (Å²) in [6.45, 7) is 0. The van der Waals surface area contributed by atoms with Crippen molar-refractivity contribution in [3.63, 3.8) is 0 Å². The number of carboxylic acid groups (broad SMARTS) is 1. The lowest BCUT2D eigenvalue weighted by Crippen LogP contribution is -2.21. The predicted molar refractivity (Wildman–Crippen MR) is 65.8 cm³/mol. The number of benzene rings is 1. The fraction of sp³-hybridized carbons (Fsp3) is 0.417. The van der Waals surface area contributed by atoms with E-state index in [1.54, 1.807) is 6.07 Å². The molecule has 0 aliphatic heterocycles. The third kappa shape index (κ3) is 1.75. The van der Waals surface area contributed by atoms with E-state index in [1.807, 2.05) is 0 Å². The summed E-state index contributed by atoms with van der Waals surface area (Å²) in [4.78, 5) is 11.3. The summed E-state index contributed by atoms with van der Waals surface area (Å²) >= 11 is 3.18. The van der Waals surface area contributed by atoms with Crippen LogP contribution in [-0.2, 0) is 10.2 Å². The highest BCUT2D eigenvalue weighted by Gasteiger charge is 2.54. The lowest BCUT2D eigenvalue weighted by molar-refractivity contribution is -0.140. The van der Waals surface area contributed by atoms with Gasteiger partial charge in [0.2, 0.25) is 5.82 Å². The van der Waals surface area contributed by atoms with Crippen LogP contribution in [0.4, 0.5) is 4.39 Å². The van der Waals surface area contributed by atoms with E-state index in [9.17, 15) is 14.3 Å². The van der Waals surface area contributed by atoms with Crippen LogP contribution in [0, 0.1) is 5.82 Å². The average Bonchev–Trinajstić information content (AvgIpc) is 3.10. The molecule has 1 N–H and O–H groups in total. The number of halogens is 2. The summed E-state index contributed by atoms with van der Waals surface area (Å²) in [6, 6.07) is 1.56. The number of rotatable bonds is 4. The summed E-state index contributed by atoms with van der Waals surface area (Å²) in [6.07, 6.45) is 0.966. The van der Waals surface area contributed by atoms with Gasteiger partial charge >= 0.3 is 5.97 Å². The first-order valence-electron chi connectivity index (χ1n) is 5.31. The Hall–Kier alpha value is -1.30. The molecule has 1 aromatic carbocycles. The summed E-state index contributed by atoms with van der Waals surface area (Å²) in [5, 5.41) is 9.26. The van der Waals surface area contributed by atoms with Gasteiger partial charge in [0.05, 0.1) is 24.1 Å². The van der Waals surface area contributed by atoms with E-state index in [0.29, 0.717) is 22.9 Å². The Labute approximate surface area is 112 Å². The first kappa shape index (κ1) is 13.1. The summed E-state index contributed by atoms with van der Waals surface area (Å²) in [5.41, 5.74) is -0.677. The third-order valence-corrected chi connectivity index (χ3v) is 3.80. The minimum absolute atomic E-state index is 0.0109. The van der Waals surface area contributed by atoms with Crippen molar-refractivity contribution in [2.24, 2.45) is 0 Å². The molecule has 2 rings (SSSR count). The van der Waals surface area contributed by atoms with Crippen LogP contribution >= 0.6 is 15.9 Å². The van der Waals surface area contributed by atoms with Gasteiger partial charge in [-0.05, 0) is 34.8 Å². The van der Waals surface area contributed by atoms with Crippen LogP contribution in [0.3, 0.4) is 0 Å². The summed E-state index contributed by atoms with van der Waals surface area (Å²) in [5.74, 6) is -1.69. The van der Waals surface area contributed by atoms with E-state index < -0.39 is 17.2 Å². The van der Waals surface area contributed by atoms with Crippen LogP contribution in [-0.4, -0.2) is 25.3 Å². The molecule has 1 aliphatic carbocycles. The van der Waals surface area contributed by atoms with Gasteiger partial charge < -0.3 is 14.6 Å². The highest BCUT2D eigenvalue weighted by molar-refractivity contribution is 9.10. The fourth-order valence-electron chi connectivity index (χ4n) is 2.05. The van der Waals surface area contributed by atoms with Crippen LogP contribution < -0.4 is 9.47 Å². The zero-order valence-corrected chi connectivity index (χ0v) is 11.5. The lowest BCUT2D eigenvalue weighted by Gasteiger charge is -2.18. The highest BCUT2D eigenvalue weighted by Crippen LogP contribution is 2.54. The average molecular weight is 319 g/mol. The molecule has 1 saturated carbocycles. The molecule has 0 radical (unpaired) electrons. The number of carboxylic acids is 1. The zero-order chi connectivity index (χ0) is 13.5. The lowest BCUT2D eigenvalue weighted by atomic mass is 9.94. The molecular weight excluding hydrogens is 307 g/mol. The van der Waals surface area contributed by atoms with Crippen LogP contribution in [0.5, 0.6) is 11.5 Å². The number of aliphatic carboxylic acids is 1. The van der Waals surface area contributed by atoms with Crippen molar-refractivity contribution in [2.45, 2.75) is 18.3 Å². The minimum Gasteiger partial charge on any atom is -0.493 e. The van der Waals surface area contributed by atoms with E-state index in [0.717, 1.165) is 0 Å². The number of hydrogen-bond acceptors (Lipinski definition) is 3. The largest absolute Gasteiger partial charge is 0.493 e. The normalized spacial score (nSPS) is 16.2. The number of methoxy groups -OCH3 is 2. The monoisotopic (exact) mass is 318 g/mol. The molecular formula is C12H12BrFO4. The maximum Gasteiger partial charge on any atom is 0.314 e. The first-order valence-corrected chi connectivity index (χ1v) is 6.11. The second-order valence-electron chi connectivity index (χ2n) is 4.17. The molecule has 0 spiro atoms. The van der Waals surface area contributed by atoms with Crippen LogP contribution in [0.1, 0.15) is 18.4 Å². The van der Waals surface area contributed by atoms with Crippen LogP contribution in [0.25, 0.3) is 0 Å². The molecule has 6 heteroatoms. The Morgan fingerprint density at radius 2 is 1.94 bits per heavy atom. The molecule has 0 unspecified atom stereocenters. The van der Waals surface area contributed by atoms with Gasteiger partial charge in [0, 0.05) is 5.56 Å². The van der Waals surface area contributed by atoms with Crippen LogP contribution in [0.15, 0.2) is 10.5 Å². The smallest absolute Gasteiger partial charge is 0.314 e. The van der Waals surface area contributed by atoms with Crippen molar-refractivity contribution >= 4 is 21.9 Å². The Morgan fingerprint density at radius 3 is 2.33 bits per heavy atom. The Bertz CT molecular complexity index is 511. The minimum atomic E-state index is -1.03. The SMILES string of the molecule is COc1c(Br)cc(C2(C(=O)O)CC2)c(OC)c1F. The Balaban J connectivity index is 2.66. The molecule has 0 saturated heterocycles. The fourth-order valence-corrected chi connectivity index (χ4v) is 2.61. The molecule has 0 aromatic heterocycles. The first-order chi connectivity index (χ1) is 8.47. The van der Waals surface area contributed by atoms with Crippen molar-refractivity contribution in [2.75, 3.05) is 14.2 Å². The second-order valence-corrected chi connectivity index (χ2v) is 5.03. The van der Waals surface area contributed by atoms with Gasteiger partial charge in [0.15, 0.2) is 11.5 Å². The van der Waals surface area contributed by atoms with Gasteiger partial charge in [0.1, 0.15) is 0 Å². The molecule has 1 fully saturated rings. The van der Waals surface area contributed by atoms with Gasteiger partial charge in [-0.3, -0.25) is 4.79 Å². The second kappa shape index (κ2) is 4.42. The number of hydrogen-bond donors (Lipinski definition) is 1. The van der Waals surface area contributed by atoms with Crippen molar-refractivity contribution in [1.29, 1.82) is 0 Å². The molecule has 0 atom stereocenters. The maximum atomic E-state index is 14.1. The standard InChI is InChI=1S/C12H12BrFO4/c1-17-9-6(12(3-4-12)11(15)16)5-7(13)10(18-2)8(9)14/h5H,3-4H2,1-2H3,(H,15,16). The summed E-state index contributed by atoms with van der Waals surface area (Å²) in [7, 11) is 2.65. The van der Waals surface area contributed by atoms with Crippen molar-refractivity contribution in [3.8, 4) is 11.5 Å². The molecule has 0 heterocycles. The number of ether oxygens (including phenoxy) is 2. The summed E-state index contributed by atoms with van der Waals surface area (Å²) < 4.78 is 24.5. The van der Waals surface area contributed by atoms with Gasteiger partial charge in [-0.2, -0.15) is 4.39 Å². The van der Waals surface area contributed by atoms with Gasteiger partial charge in [-0.15, -0.1) is 0 Å². The molecule has 4 nitrogen and oxygen atoms in total. The molecule has 1 aliphatic rings. The zero-order valence-electron chi connectivity index (χ0n) is 9.92. The predicted octanol–water partition coefficient (Wildman–Crippen LogP) is 2.72. The molecule has 98 valence electrons. The van der Waals surface area contributed by atoms with Gasteiger partial charge in [-0.1, -0.05) is 0 Å². The van der Waals surface area contributed by atoms with Gasteiger partial charge in [-0.25, -0.2) is 0 Å². The van der Waals surface area contributed by atoms with Crippen LogP contribution in [0.2, 0.25) is 0 Å². The number of carbonyl (C=O) groups is 1. The van der Waals surface area contributed by atoms with E-state index in [4.69, 9.17) is 9.47 Å². The molecule has 1 aromatic rings. The maximum absolute atomic E-state index is 14.1. The third-order valence-electron chi connectivity index (χ3n) is 3.21. The van der Waals surface area contributed by atoms with E-state index in [2.05, 4.69) is 15.9 Å². The topological polar surface area (TPSA) is 55.8 Å². The quantitative estimate of drug-likeness (QED) is 0.927. The Kier molecular flexibility index (Phi) is 3.23. The van der Waals surface area contributed by atoms with Crippen molar-refractivity contribution in [1.82, 2.24) is 0 Å². The van der Waals surface area contributed by atoms with E-state index in [-0.39, 0.29) is 11.5 Å². The van der Waals surface area contributed by atoms with E-state index in [1.165, 1.54) is 14.2 Å². The Morgan fingerprint density at radius 1 is 1.39 bits per heavy atom. The van der Waals surface area contributed by atoms with Crippen molar-refractivity contribution < 1.29 is 23.8 Å².